The summed E-state index contributed by atoms with van der Waals surface area (Å²) in [6.45, 7) is 0.0345. The molecule has 0 bridgehead atoms. The summed E-state index contributed by atoms with van der Waals surface area (Å²) in [5.74, 6) is -5.19. The lowest BCUT2D eigenvalue weighted by molar-refractivity contribution is -0.155. The maximum absolute atomic E-state index is 13.8. The normalized spacial score (nSPS) is 27.0. The van der Waals surface area contributed by atoms with Crippen LogP contribution in [0, 0.1) is 11.8 Å². The van der Waals surface area contributed by atoms with Gasteiger partial charge in [0, 0.05) is 17.3 Å². The number of amides is 1. The minimum absolute atomic E-state index is 0.0345. The Kier molecular flexibility index (Phi) is 5.84. The molecular formula is C27H19Cl2NO8. The van der Waals surface area contributed by atoms with Crippen LogP contribution in [0.1, 0.15) is 33.7 Å². The lowest BCUT2D eigenvalue weighted by atomic mass is 9.74. The van der Waals surface area contributed by atoms with Crippen LogP contribution in [0.2, 0.25) is 10.0 Å². The summed E-state index contributed by atoms with van der Waals surface area (Å²) in [5.41, 5.74) is -1.24. The Morgan fingerprint density at radius 3 is 2.47 bits per heavy atom. The monoisotopic (exact) mass is 555 g/mol. The summed E-state index contributed by atoms with van der Waals surface area (Å²) >= 11 is 12.3. The number of rotatable bonds is 4. The third-order valence-electron chi connectivity index (χ3n) is 7.21. The number of ketones is 1. The number of nitrogens with one attached hydrogen (secondary N) is 1. The van der Waals surface area contributed by atoms with Crippen molar-refractivity contribution in [3.8, 4) is 11.5 Å². The first kappa shape index (κ1) is 24.7. The third-order valence-corrected chi connectivity index (χ3v) is 7.95. The lowest BCUT2D eigenvalue weighted by Crippen LogP contribution is -2.50. The molecule has 6 rings (SSSR count). The number of aliphatic carboxylic acids is 1. The van der Waals surface area contributed by atoms with Crippen molar-refractivity contribution in [1.82, 2.24) is 0 Å². The Bertz CT molecular complexity index is 1510. The molecule has 5 atom stereocenters. The van der Waals surface area contributed by atoms with E-state index in [9.17, 15) is 24.6 Å². The Hall–Kier alpha value is -3.63. The van der Waals surface area contributed by atoms with Gasteiger partial charge in [-0.2, -0.15) is 0 Å². The zero-order valence-corrected chi connectivity index (χ0v) is 20.9. The fourth-order valence-corrected chi connectivity index (χ4v) is 5.83. The average Bonchev–Trinajstić information content (AvgIpc) is 3.57. The van der Waals surface area contributed by atoms with Crippen molar-refractivity contribution in [3.63, 3.8) is 0 Å². The number of anilines is 1. The average molecular weight is 556 g/mol. The zero-order chi connectivity index (χ0) is 26.8. The quantitative estimate of drug-likeness (QED) is 0.431. The second kappa shape index (κ2) is 8.99. The smallest absolute Gasteiger partial charge is 0.310 e. The topological polar surface area (TPSA) is 131 Å². The van der Waals surface area contributed by atoms with E-state index in [0.717, 1.165) is 0 Å². The second-order valence-corrected chi connectivity index (χ2v) is 10.0. The van der Waals surface area contributed by atoms with Gasteiger partial charge in [0.2, 0.25) is 12.7 Å². The van der Waals surface area contributed by atoms with Crippen LogP contribution in [0.25, 0.3) is 0 Å². The summed E-state index contributed by atoms with van der Waals surface area (Å²) < 4.78 is 16.9. The van der Waals surface area contributed by atoms with E-state index in [2.05, 4.69) is 5.32 Å². The molecule has 2 heterocycles. The number of carboxylic acids is 1. The molecule has 0 radical (unpaired) electrons. The molecule has 0 aromatic heterocycles. The van der Waals surface area contributed by atoms with E-state index < -0.39 is 47.3 Å². The first-order valence-electron chi connectivity index (χ1n) is 11.6. The van der Waals surface area contributed by atoms with Gasteiger partial charge in [0.1, 0.15) is 12.0 Å². The van der Waals surface area contributed by atoms with Gasteiger partial charge in [-0.1, -0.05) is 53.5 Å². The number of benzene rings is 3. The molecule has 1 aliphatic carbocycles. The SMILES string of the molecule is O=C(Nc1ccc2c(c1)OCO2)[C@H]1C(c2ccc(Cl)c(Cl)c2)OC2(C(=O)c3ccccc3[C@H]2O)[C@H]1C(=O)O. The molecule has 2 aliphatic heterocycles. The second-order valence-electron chi connectivity index (χ2n) is 9.22. The van der Waals surface area contributed by atoms with Gasteiger partial charge in [-0.15, -0.1) is 0 Å². The molecule has 1 spiro atoms. The van der Waals surface area contributed by atoms with Crippen LogP contribution in [-0.4, -0.2) is 40.3 Å². The first-order valence-corrected chi connectivity index (χ1v) is 12.4. The van der Waals surface area contributed by atoms with Gasteiger partial charge < -0.3 is 29.7 Å². The molecule has 9 nitrogen and oxygen atoms in total. The summed E-state index contributed by atoms with van der Waals surface area (Å²) in [6.07, 6.45) is -2.88. The van der Waals surface area contributed by atoms with Crippen LogP contribution in [0.15, 0.2) is 60.7 Å². The van der Waals surface area contributed by atoms with Crippen LogP contribution in [0.4, 0.5) is 5.69 Å². The Morgan fingerprint density at radius 1 is 0.974 bits per heavy atom. The van der Waals surface area contributed by atoms with Crippen LogP contribution < -0.4 is 14.8 Å². The van der Waals surface area contributed by atoms with Gasteiger partial charge in [0.25, 0.3) is 0 Å². The zero-order valence-electron chi connectivity index (χ0n) is 19.4. The van der Waals surface area contributed by atoms with Gasteiger partial charge in [-0.25, -0.2) is 0 Å². The van der Waals surface area contributed by atoms with Crippen molar-refractivity contribution in [2.45, 2.75) is 17.8 Å². The number of hydrogen-bond donors (Lipinski definition) is 3. The predicted octanol–water partition coefficient (Wildman–Crippen LogP) is 4.42. The molecule has 3 aromatic rings. The molecule has 11 heteroatoms. The van der Waals surface area contributed by atoms with Gasteiger partial charge in [-0.3, -0.25) is 14.4 Å². The number of carbonyl (C=O) groups is 3. The number of Topliss-reactive ketones (excluding diaryl/α,β-unsaturated/α-hetero) is 1. The Labute approximate surface area is 225 Å². The van der Waals surface area contributed by atoms with E-state index >= 15 is 0 Å². The fraction of sp³-hybridized carbons (Fsp3) is 0.222. The summed E-state index contributed by atoms with van der Waals surface area (Å²) in [5, 5.41) is 24.9. The van der Waals surface area contributed by atoms with E-state index in [-0.39, 0.29) is 28.0 Å². The minimum Gasteiger partial charge on any atom is -0.481 e. The summed E-state index contributed by atoms with van der Waals surface area (Å²) in [4.78, 5) is 40.4. The van der Waals surface area contributed by atoms with Crippen molar-refractivity contribution in [1.29, 1.82) is 0 Å². The summed E-state index contributed by atoms with van der Waals surface area (Å²) in [6, 6.07) is 15.5. The van der Waals surface area contributed by atoms with E-state index in [0.29, 0.717) is 22.7 Å². The Morgan fingerprint density at radius 2 is 1.74 bits per heavy atom. The molecule has 1 saturated heterocycles. The summed E-state index contributed by atoms with van der Waals surface area (Å²) in [7, 11) is 0. The van der Waals surface area contributed by atoms with Crippen LogP contribution in [-0.2, 0) is 14.3 Å². The maximum atomic E-state index is 13.8. The van der Waals surface area contributed by atoms with E-state index in [4.69, 9.17) is 37.4 Å². The van der Waals surface area contributed by atoms with Crippen molar-refractivity contribution < 1.29 is 38.8 Å². The molecular weight excluding hydrogens is 537 g/mol. The molecule has 1 amide bonds. The number of fused-ring (bicyclic) bond motifs is 2. The maximum Gasteiger partial charge on any atom is 0.310 e. The van der Waals surface area contributed by atoms with Crippen LogP contribution in [0.5, 0.6) is 11.5 Å². The highest BCUT2D eigenvalue weighted by Gasteiger charge is 2.70. The minimum atomic E-state index is -2.25. The van der Waals surface area contributed by atoms with Gasteiger partial charge in [0.15, 0.2) is 22.9 Å². The lowest BCUT2D eigenvalue weighted by Gasteiger charge is -2.30. The van der Waals surface area contributed by atoms with Crippen molar-refractivity contribution in [2.24, 2.45) is 11.8 Å². The van der Waals surface area contributed by atoms with Gasteiger partial charge in [-0.05, 0) is 35.4 Å². The number of halogens is 2. The van der Waals surface area contributed by atoms with E-state index in [1.54, 1.807) is 30.3 Å². The van der Waals surface area contributed by atoms with Crippen molar-refractivity contribution in [3.05, 3.63) is 87.4 Å². The number of carboxylic acid groups (broad SMARTS) is 1. The van der Waals surface area contributed by atoms with Crippen LogP contribution in [0.3, 0.4) is 0 Å². The molecule has 38 heavy (non-hydrogen) atoms. The predicted molar refractivity (Wildman–Crippen MR) is 135 cm³/mol. The van der Waals surface area contributed by atoms with Crippen LogP contribution >= 0.6 is 23.2 Å². The highest BCUT2D eigenvalue weighted by Crippen LogP contribution is 2.58. The highest BCUT2D eigenvalue weighted by atomic mass is 35.5. The largest absolute Gasteiger partial charge is 0.481 e. The van der Waals surface area contributed by atoms with E-state index in [1.807, 2.05) is 0 Å². The van der Waals surface area contributed by atoms with E-state index in [1.165, 1.54) is 30.3 Å². The standard InChI is InChI=1S/C27H19Cl2NO8/c28-16-7-5-12(9-17(16)29)22-20(25(33)30-13-6-8-18-19(10-13)37-11-36-18)21(26(34)35)27(38-22)23(31)14-3-1-2-4-15(14)24(27)32/h1-10,20-23,31H,11H2,(H,30,33)(H,34,35)/t20-,21-,22?,23-,27?/m1/s1. The number of carbonyl (C=O) groups excluding carboxylic acids is 2. The molecule has 2 unspecified atom stereocenters. The van der Waals surface area contributed by atoms with Crippen molar-refractivity contribution >= 4 is 46.5 Å². The number of aliphatic hydroxyl groups excluding tert-OH is 1. The fourth-order valence-electron chi connectivity index (χ4n) is 5.53. The van der Waals surface area contributed by atoms with Crippen molar-refractivity contribution in [2.75, 3.05) is 12.1 Å². The number of hydrogen-bond acceptors (Lipinski definition) is 7. The molecule has 3 aromatic carbocycles. The molecule has 3 N–H and O–H groups in total. The molecule has 0 saturated carbocycles. The van der Waals surface area contributed by atoms with Gasteiger partial charge in [0.05, 0.1) is 22.1 Å². The highest BCUT2D eigenvalue weighted by molar-refractivity contribution is 6.42. The third kappa shape index (κ3) is 3.58. The first-order chi connectivity index (χ1) is 18.2. The number of aliphatic hydroxyl groups is 1. The molecule has 1 fully saturated rings. The molecule has 194 valence electrons. The Balaban J connectivity index is 1.47. The van der Waals surface area contributed by atoms with Gasteiger partial charge >= 0.3 is 5.97 Å². The molecule has 3 aliphatic rings. The number of ether oxygens (including phenoxy) is 3.